The van der Waals surface area contributed by atoms with Gasteiger partial charge in [-0.3, -0.25) is 15.6 Å². The molecule has 0 spiro atoms. The maximum absolute atomic E-state index is 10.9. The van der Waals surface area contributed by atoms with Crippen molar-refractivity contribution in [2.75, 3.05) is 6.35 Å². The van der Waals surface area contributed by atoms with Gasteiger partial charge < -0.3 is 24.4 Å². The van der Waals surface area contributed by atoms with E-state index in [9.17, 15) is 4.57 Å². The molecule has 10 nitrogen and oxygen atoms in total. The van der Waals surface area contributed by atoms with E-state index in [2.05, 4.69) is 20.6 Å². The highest BCUT2D eigenvalue weighted by Gasteiger charge is 2.39. The summed E-state index contributed by atoms with van der Waals surface area (Å²) < 4.78 is 17.8. The van der Waals surface area contributed by atoms with Gasteiger partial charge in [0, 0.05) is 6.04 Å². The minimum Gasteiger partial charge on any atom is -0.364 e. The number of hydrogen-bond acceptors (Lipinski definition) is 7. The maximum atomic E-state index is 10.9. The zero-order valence-corrected chi connectivity index (χ0v) is 13.6. The summed E-state index contributed by atoms with van der Waals surface area (Å²) in [6, 6.07) is 0.377. The average Bonchev–Trinajstić information content (AvgIpc) is 3.15. The molecule has 2 heterocycles. The van der Waals surface area contributed by atoms with Crippen molar-refractivity contribution in [2.24, 2.45) is 10.7 Å². The molecule has 23 heavy (non-hydrogen) atoms. The summed E-state index contributed by atoms with van der Waals surface area (Å²) >= 11 is 0. The van der Waals surface area contributed by atoms with Gasteiger partial charge in [0.25, 0.3) is 0 Å². The molecule has 0 radical (unpaired) electrons. The topological polar surface area (TPSA) is 147 Å². The number of ether oxygens (including phenoxy) is 1. The van der Waals surface area contributed by atoms with Crippen molar-refractivity contribution in [3.8, 4) is 0 Å². The Labute approximate surface area is 133 Å². The van der Waals surface area contributed by atoms with E-state index in [1.54, 1.807) is 17.8 Å². The molecule has 0 saturated heterocycles. The third-order valence-corrected chi connectivity index (χ3v) is 4.14. The summed E-state index contributed by atoms with van der Waals surface area (Å²) in [5.74, 6) is -0.356. The van der Waals surface area contributed by atoms with Crippen LogP contribution in [0.2, 0.25) is 0 Å². The normalized spacial score (nSPS) is 25.0. The molecule has 128 valence electrons. The molecular formula is C12H21N6O4P. The molecule has 0 amide bonds. The average molecular weight is 344 g/mol. The second-order valence-electron chi connectivity index (χ2n) is 5.97. The molecule has 2 atom stereocenters. The Morgan fingerprint density at radius 1 is 1.65 bits per heavy atom. The molecule has 1 fully saturated rings. The van der Waals surface area contributed by atoms with Crippen LogP contribution in [0.3, 0.4) is 0 Å². The van der Waals surface area contributed by atoms with Gasteiger partial charge in [0.1, 0.15) is 12.0 Å². The van der Waals surface area contributed by atoms with Gasteiger partial charge in [-0.2, -0.15) is 0 Å². The third-order valence-electron chi connectivity index (χ3n) is 3.65. The second-order valence-corrected chi connectivity index (χ2v) is 7.56. The van der Waals surface area contributed by atoms with Crippen LogP contribution in [0.5, 0.6) is 0 Å². The van der Waals surface area contributed by atoms with Crippen LogP contribution in [0.15, 0.2) is 11.3 Å². The van der Waals surface area contributed by atoms with Gasteiger partial charge in [0.15, 0.2) is 11.6 Å². The highest BCUT2D eigenvalue weighted by atomic mass is 31.2. The van der Waals surface area contributed by atoms with E-state index >= 15 is 0 Å². The van der Waals surface area contributed by atoms with Gasteiger partial charge in [-0.15, -0.1) is 0 Å². The van der Waals surface area contributed by atoms with E-state index in [0.717, 1.165) is 12.8 Å². The molecule has 1 aliphatic heterocycles. The smallest absolute Gasteiger partial charge is 0.350 e. The Bertz CT molecular complexity index is 654. The number of aliphatic imine (C=N–C) groups is 1. The molecule has 0 aromatic carbocycles. The predicted octanol–water partition coefficient (Wildman–Crippen LogP) is -0.493. The van der Waals surface area contributed by atoms with Crippen molar-refractivity contribution in [1.82, 2.24) is 20.2 Å². The zero-order valence-electron chi connectivity index (χ0n) is 12.7. The fourth-order valence-corrected chi connectivity index (χ4v) is 2.85. The quantitative estimate of drug-likeness (QED) is 0.329. The summed E-state index contributed by atoms with van der Waals surface area (Å²) in [4.78, 5) is 26.3. The summed E-state index contributed by atoms with van der Waals surface area (Å²) in [5.41, 5.74) is 6.94. The number of nitrogens with one attached hydrogen (secondary N) is 2. The van der Waals surface area contributed by atoms with Gasteiger partial charge in [0.2, 0.25) is 0 Å². The predicted molar refractivity (Wildman–Crippen MR) is 83.0 cm³/mol. The van der Waals surface area contributed by atoms with E-state index in [-0.39, 0.29) is 0 Å². The summed E-state index contributed by atoms with van der Waals surface area (Å²) in [6.07, 6.45) is 4.27. The first-order valence-corrected chi connectivity index (χ1v) is 9.15. The molecule has 0 bridgehead atoms. The fourth-order valence-electron chi connectivity index (χ4n) is 2.40. The number of rotatable bonds is 7. The first-order chi connectivity index (χ1) is 10.8. The number of fused-ring (bicyclic) bond motifs is 1. The van der Waals surface area contributed by atoms with Gasteiger partial charge >= 0.3 is 7.60 Å². The molecule has 2 aliphatic rings. The van der Waals surface area contributed by atoms with E-state index in [1.165, 1.54) is 6.34 Å². The fraction of sp³-hybridized carbons (Fsp3) is 0.667. The molecule has 1 aromatic rings. The molecule has 3 rings (SSSR count). The number of hydrogen-bond donors (Lipinski definition) is 5. The summed E-state index contributed by atoms with van der Waals surface area (Å²) in [5, 5.41) is 6.30. The first-order valence-electron chi connectivity index (χ1n) is 7.35. The molecular weight excluding hydrogens is 323 g/mol. The molecule has 1 aliphatic carbocycles. The highest BCUT2D eigenvalue weighted by molar-refractivity contribution is 7.51. The van der Waals surface area contributed by atoms with Crippen LogP contribution < -0.4 is 16.4 Å². The van der Waals surface area contributed by atoms with E-state index in [4.69, 9.17) is 20.3 Å². The van der Waals surface area contributed by atoms with Crippen LogP contribution in [0.4, 0.5) is 5.82 Å². The molecule has 6 N–H and O–H groups in total. The monoisotopic (exact) mass is 344 g/mol. The minimum atomic E-state index is -4.18. The van der Waals surface area contributed by atoms with Gasteiger partial charge in [-0.25, -0.2) is 9.98 Å². The van der Waals surface area contributed by atoms with Crippen molar-refractivity contribution in [3.05, 3.63) is 12.0 Å². The van der Waals surface area contributed by atoms with E-state index in [0.29, 0.717) is 24.1 Å². The molecule has 1 saturated carbocycles. The summed E-state index contributed by atoms with van der Waals surface area (Å²) in [7, 11) is -4.18. The van der Waals surface area contributed by atoms with Crippen LogP contribution in [0.1, 0.15) is 25.5 Å². The Morgan fingerprint density at radius 3 is 3.04 bits per heavy atom. The lowest BCUT2D eigenvalue weighted by molar-refractivity contribution is 0.0760. The zero-order chi connectivity index (χ0) is 16.7. The lowest BCUT2D eigenvalue weighted by Crippen LogP contribution is -2.62. The van der Waals surface area contributed by atoms with Gasteiger partial charge in [0.05, 0.1) is 25.3 Å². The van der Waals surface area contributed by atoms with Crippen molar-refractivity contribution in [3.63, 3.8) is 0 Å². The van der Waals surface area contributed by atoms with Crippen LogP contribution in [0, 0.1) is 0 Å². The lowest BCUT2D eigenvalue weighted by atomic mass is 10.2. The summed E-state index contributed by atoms with van der Waals surface area (Å²) in [6.45, 7) is 2.09. The molecule has 11 heteroatoms. The Morgan fingerprint density at radius 2 is 2.39 bits per heavy atom. The minimum absolute atomic E-state index is 0.360. The second kappa shape index (κ2) is 5.97. The SMILES string of the molecule is C[C@H](Cn1cnc2c1N=CNC2(N)NC1CC1)OCP(=O)(O)O. The van der Waals surface area contributed by atoms with Crippen LogP contribution in [-0.2, 0) is 21.6 Å². The largest absolute Gasteiger partial charge is 0.364 e. The van der Waals surface area contributed by atoms with E-state index in [1.807, 2.05) is 0 Å². The van der Waals surface area contributed by atoms with Crippen LogP contribution in [0.25, 0.3) is 0 Å². The van der Waals surface area contributed by atoms with Crippen molar-refractivity contribution in [1.29, 1.82) is 0 Å². The van der Waals surface area contributed by atoms with Crippen LogP contribution >= 0.6 is 7.60 Å². The van der Waals surface area contributed by atoms with Crippen molar-refractivity contribution < 1.29 is 19.1 Å². The van der Waals surface area contributed by atoms with Crippen molar-refractivity contribution >= 4 is 19.8 Å². The number of imidazole rings is 1. The third kappa shape index (κ3) is 3.97. The van der Waals surface area contributed by atoms with Gasteiger partial charge in [-0.05, 0) is 19.8 Å². The van der Waals surface area contributed by atoms with Crippen molar-refractivity contribution in [2.45, 2.75) is 44.2 Å². The standard InChI is InChI=1S/C12H21N6O4P/c1-8(22-7-23(19,20)21)4-18-6-15-10-11(18)14-5-16-12(10,13)17-9-2-3-9/h5-6,8-9,17H,2-4,7,13H2,1H3,(H,14,16)(H2,19,20,21)/t8-,12?/m1/s1. The van der Waals surface area contributed by atoms with E-state index < -0.39 is 25.8 Å². The molecule has 1 aromatic heterocycles. The Kier molecular flexibility index (Phi) is 4.30. The number of aromatic nitrogens is 2. The molecule has 1 unspecified atom stereocenters. The highest BCUT2D eigenvalue weighted by Crippen LogP contribution is 2.35. The van der Waals surface area contributed by atoms with Crippen LogP contribution in [-0.4, -0.2) is 44.2 Å². The Balaban J connectivity index is 1.71. The van der Waals surface area contributed by atoms with Gasteiger partial charge in [-0.1, -0.05) is 0 Å². The maximum Gasteiger partial charge on any atom is 0.350 e. The Hall–Kier alpha value is -1.29. The first kappa shape index (κ1) is 16.6. The lowest BCUT2D eigenvalue weighted by Gasteiger charge is -2.32. The number of nitrogens with two attached hydrogens (primary N) is 1. The number of nitrogens with zero attached hydrogens (tertiary/aromatic N) is 3.